The van der Waals surface area contributed by atoms with E-state index in [1.54, 1.807) is 0 Å². The third-order valence-corrected chi connectivity index (χ3v) is 4.30. The second-order valence-corrected chi connectivity index (χ2v) is 6.24. The van der Waals surface area contributed by atoms with Crippen molar-refractivity contribution in [3.8, 4) is 0 Å². The molecule has 0 saturated carbocycles. The molecule has 0 radical (unpaired) electrons. The fourth-order valence-electron chi connectivity index (χ4n) is 1.84. The Labute approximate surface area is 110 Å². The van der Waals surface area contributed by atoms with Gasteiger partial charge in [-0.2, -0.15) is 0 Å². The third kappa shape index (κ3) is 4.78. The minimum atomic E-state index is 0.505. The fraction of sp³-hybridized carbons (Fsp3) is 0.714. The SMILES string of the molecule is CC(C)CNCC(C)N(C)C(C)c1cccs1. The Kier molecular flexibility index (Phi) is 6.17. The van der Waals surface area contributed by atoms with Gasteiger partial charge in [0.05, 0.1) is 0 Å². The standard InChI is InChI=1S/C14H26N2S/c1-11(2)9-15-10-12(3)16(5)13(4)14-7-6-8-17-14/h6-8,11-13,15H,9-10H2,1-5H3. The summed E-state index contributed by atoms with van der Waals surface area (Å²) in [5.74, 6) is 0.724. The van der Waals surface area contributed by atoms with Crippen LogP contribution in [0.3, 0.4) is 0 Å². The molecule has 2 atom stereocenters. The van der Waals surface area contributed by atoms with E-state index in [0.29, 0.717) is 12.1 Å². The molecule has 0 aliphatic heterocycles. The molecule has 1 N–H and O–H groups in total. The van der Waals surface area contributed by atoms with Crippen LogP contribution < -0.4 is 5.32 Å². The van der Waals surface area contributed by atoms with E-state index in [1.165, 1.54) is 4.88 Å². The molecule has 0 bridgehead atoms. The van der Waals surface area contributed by atoms with Gasteiger partial charge in [0.2, 0.25) is 0 Å². The van der Waals surface area contributed by atoms with E-state index in [2.05, 4.69) is 62.5 Å². The lowest BCUT2D eigenvalue weighted by atomic mass is 10.2. The monoisotopic (exact) mass is 254 g/mol. The maximum atomic E-state index is 3.53. The van der Waals surface area contributed by atoms with Crippen LogP contribution in [0.4, 0.5) is 0 Å². The molecule has 98 valence electrons. The Morgan fingerprint density at radius 2 is 1.94 bits per heavy atom. The lowest BCUT2D eigenvalue weighted by molar-refractivity contribution is 0.195. The van der Waals surface area contributed by atoms with E-state index < -0.39 is 0 Å². The van der Waals surface area contributed by atoms with Gasteiger partial charge in [-0.1, -0.05) is 19.9 Å². The van der Waals surface area contributed by atoms with Crippen molar-refractivity contribution >= 4 is 11.3 Å². The molecule has 1 heterocycles. The van der Waals surface area contributed by atoms with Crippen LogP contribution >= 0.6 is 11.3 Å². The van der Waals surface area contributed by atoms with E-state index in [4.69, 9.17) is 0 Å². The molecule has 2 unspecified atom stereocenters. The number of thiophene rings is 1. The summed E-state index contributed by atoms with van der Waals surface area (Å²) in [5, 5.41) is 5.68. The van der Waals surface area contributed by atoms with Gasteiger partial charge in [0.1, 0.15) is 0 Å². The Bertz CT molecular complexity index is 295. The van der Waals surface area contributed by atoms with Crippen molar-refractivity contribution in [2.75, 3.05) is 20.1 Å². The number of hydrogen-bond acceptors (Lipinski definition) is 3. The van der Waals surface area contributed by atoms with Crippen LogP contribution in [0.1, 0.15) is 38.6 Å². The summed E-state index contributed by atoms with van der Waals surface area (Å²) in [5.41, 5.74) is 0. The summed E-state index contributed by atoms with van der Waals surface area (Å²) >= 11 is 1.84. The lowest BCUT2D eigenvalue weighted by Gasteiger charge is -2.30. The van der Waals surface area contributed by atoms with Crippen molar-refractivity contribution in [2.45, 2.75) is 39.8 Å². The lowest BCUT2D eigenvalue weighted by Crippen LogP contribution is -2.40. The van der Waals surface area contributed by atoms with E-state index in [9.17, 15) is 0 Å². The largest absolute Gasteiger partial charge is 0.315 e. The fourth-order valence-corrected chi connectivity index (χ4v) is 2.67. The Morgan fingerprint density at radius 1 is 1.24 bits per heavy atom. The highest BCUT2D eigenvalue weighted by Gasteiger charge is 2.17. The van der Waals surface area contributed by atoms with Crippen LogP contribution in [-0.2, 0) is 0 Å². The summed E-state index contributed by atoms with van der Waals surface area (Å²) in [6.45, 7) is 11.2. The molecular weight excluding hydrogens is 228 g/mol. The molecule has 1 rings (SSSR count). The predicted octanol–water partition coefficient (Wildman–Crippen LogP) is 3.38. The van der Waals surface area contributed by atoms with Crippen LogP contribution in [-0.4, -0.2) is 31.1 Å². The normalized spacial score (nSPS) is 15.5. The van der Waals surface area contributed by atoms with Gasteiger partial charge in [-0.25, -0.2) is 0 Å². The van der Waals surface area contributed by atoms with Gasteiger partial charge in [0, 0.05) is 23.5 Å². The second-order valence-electron chi connectivity index (χ2n) is 5.26. The maximum Gasteiger partial charge on any atom is 0.0413 e. The van der Waals surface area contributed by atoms with Crippen molar-refractivity contribution in [1.82, 2.24) is 10.2 Å². The summed E-state index contributed by atoms with van der Waals surface area (Å²) in [4.78, 5) is 3.89. The zero-order valence-corrected chi connectivity index (χ0v) is 12.6. The molecule has 3 heteroatoms. The minimum Gasteiger partial charge on any atom is -0.315 e. The average Bonchev–Trinajstić information content (AvgIpc) is 2.79. The van der Waals surface area contributed by atoms with Gasteiger partial charge in [-0.3, -0.25) is 4.90 Å². The molecule has 17 heavy (non-hydrogen) atoms. The Morgan fingerprint density at radius 3 is 2.47 bits per heavy atom. The molecule has 0 fully saturated rings. The second kappa shape index (κ2) is 7.14. The van der Waals surface area contributed by atoms with Crippen LogP contribution in [0.5, 0.6) is 0 Å². The molecule has 0 aliphatic rings. The van der Waals surface area contributed by atoms with Crippen molar-refractivity contribution in [3.63, 3.8) is 0 Å². The van der Waals surface area contributed by atoms with E-state index >= 15 is 0 Å². The first-order chi connectivity index (χ1) is 8.02. The highest BCUT2D eigenvalue weighted by atomic mass is 32.1. The third-order valence-electron chi connectivity index (χ3n) is 3.25. The quantitative estimate of drug-likeness (QED) is 0.802. The summed E-state index contributed by atoms with van der Waals surface area (Å²) in [6.07, 6.45) is 0. The summed E-state index contributed by atoms with van der Waals surface area (Å²) < 4.78 is 0. The van der Waals surface area contributed by atoms with Gasteiger partial charge in [0.15, 0.2) is 0 Å². The number of nitrogens with one attached hydrogen (secondary N) is 1. The molecule has 0 aromatic carbocycles. The van der Waals surface area contributed by atoms with Gasteiger partial charge >= 0.3 is 0 Å². The molecule has 2 nitrogen and oxygen atoms in total. The van der Waals surface area contributed by atoms with E-state index in [-0.39, 0.29) is 0 Å². The molecule has 0 saturated heterocycles. The molecular formula is C14H26N2S. The predicted molar refractivity (Wildman–Crippen MR) is 77.7 cm³/mol. The van der Waals surface area contributed by atoms with Gasteiger partial charge in [-0.15, -0.1) is 11.3 Å². The topological polar surface area (TPSA) is 15.3 Å². The zero-order chi connectivity index (χ0) is 12.8. The molecule has 1 aromatic heterocycles. The summed E-state index contributed by atoms with van der Waals surface area (Å²) in [7, 11) is 2.21. The molecule has 0 amide bonds. The van der Waals surface area contributed by atoms with Gasteiger partial charge in [-0.05, 0) is 44.8 Å². The maximum absolute atomic E-state index is 3.53. The molecule has 0 aliphatic carbocycles. The van der Waals surface area contributed by atoms with Gasteiger partial charge < -0.3 is 5.32 Å². The first-order valence-electron chi connectivity index (χ1n) is 6.48. The van der Waals surface area contributed by atoms with Crippen LogP contribution in [0.15, 0.2) is 17.5 Å². The smallest absolute Gasteiger partial charge is 0.0413 e. The number of nitrogens with zero attached hydrogens (tertiary/aromatic N) is 1. The Hall–Kier alpha value is -0.380. The first-order valence-corrected chi connectivity index (χ1v) is 7.36. The Balaban J connectivity index is 2.38. The number of rotatable bonds is 7. The van der Waals surface area contributed by atoms with Crippen molar-refractivity contribution in [1.29, 1.82) is 0 Å². The minimum absolute atomic E-state index is 0.505. The zero-order valence-electron chi connectivity index (χ0n) is 11.7. The molecule has 0 spiro atoms. The first kappa shape index (κ1) is 14.7. The number of likely N-dealkylation sites (N-methyl/N-ethyl adjacent to an activating group) is 1. The highest BCUT2D eigenvalue weighted by Crippen LogP contribution is 2.24. The van der Waals surface area contributed by atoms with Crippen LogP contribution in [0.2, 0.25) is 0 Å². The average molecular weight is 254 g/mol. The van der Waals surface area contributed by atoms with E-state index in [1.807, 2.05) is 11.3 Å². The summed E-state index contributed by atoms with van der Waals surface area (Å²) in [6, 6.07) is 5.42. The molecule has 1 aromatic rings. The van der Waals surface area contributed by atoms with Crippen molar-refractivity contribution in [2.24, 2.45) is 5.92 Å². The number of hydrogen-bond donors (Lipinski definition) is 1. The van der Waals surface area contributed by atoms with Crippen LogP contribution in [0, 0.1) is 5.92 Å². The van der Waals surface area contributed by atoms with Crippen molar-refractivity contribution < 1.29 is 0 Å². The van der Waals surface area contributed by atoms with Crippen molar-refractivity contribution in [3.05, 3.63) is 22.4 Å². The van der Waals surface area contributed by atoms with E-state index in [0.717, 1.165) is 19.0 Å². The highest BCUT2D eigenvalue weighted by molar-refractivity contribution is 7.10. The van der Waals surface area contributed by atoms with Gasteiger partial charge in [0.25, 0.3) is 0 Å². The van der Waals surface area contributed by atoms with Crippen LogP contribution in [0.25, 0.3) is 0 Å².